The van der Waals surface area contributed by atoms with Crippen LogP contribution < -0.4 is 4.89 Å². The van der Waals surface area contributed by atoms with E-state index in [9.17, 15) is 19.0 Å². The number of likely N-dealkylation sites (N-methyl/N-ethyl adjacent to an activating group) is 1. The highest BCUT2D eigenvalue weighted by atomic mass is 31.2. The summed E-state index contributed by atoms with van der Waals surface area (Å²) in [7, 11) is 1.11. The average Bonchev–Trinajstić information content (AvgIpc) is 3.42. The van der Waals surface area contributed by atoms with E-state index in [1.54, 1.807) is 0 Å². The summed E-state index contributed by atoms with van der Waals surface area (Å²) >= 11 is 0. The Bertz CT molecular complexity index is 1950. The third kappa shape index (κ3) is 62.6. The summed E-state index contributed by atoms with van der Waals surface area (Å²) in [5, 5.41) is 0. The van der Waals surface area contributed by atoms with E-state index in [4.69, 9.17) is 18.5 Å². The SMILES string of the molecule is CC/C=C\C/C=C\C/C=C\C/C=C\C/C=C\C/C=C\C/C=C\C/C=C\C/C=C\C/C=C\C/C=C\C/C=C\CCCCCCC(=O)OC(COC(=O)CCCCCCC/C=C\C/C=C\CCCCC)COP(=O)([O-])OCC[N+](C)(C)C. The van der Waals surface area contributed by atoms with Gasteiger partial charge in [0, 0.05) is 12.8 Å². The van der Waals surface area contributed by atoms with Crippen LogP contribution in [0.1, 0.15) is 206 Å². The number of rotatable bonds is 54. The van der Waals surface area contributed by atoms with E-state index < -0.39 is 32.5 Å². The molecule has 0 spiro atoms. The molecule has 0 aromatic rings. The molecule has 0 bridgehead atoms. The lowest BCUT2D eigenvalue weighted by Crippen LogP contribution is -2.37. The van der Waals surface area contributed by atoms with Crippen molar-refractivity contribution in [2.45, 2.75) is 213 Å². The number of phosphoric ester groups is 1. The van der Waals surface area contributed by atoms with Crippen molar-refractivity contribution < 1.29 is 42.1 Å². The summed E-state index contributed by atoms with van der Waals surface area (Å²) in [6.07, 6.45) is 89.9. The highest BCUT2D eigenvalue weighted by molar-refractivity contribution is 7.45. The van der Waals surface area contributed by atoms with Crippen LogP contribution >= 0.6 is 7.82 Å². The Hall–Kier alpha value is -4.63. The Morgan fingerprint density at radius 3 is 1.06 bits per heavy atom. The zero-order valence-electron chi connectivity index (χ0n) is 50.9. The minimum Gasteiger partial charge on any atom is -0.756 e. The average molecular weight is 1130 g/mol. The predicted molar refractivity (Wildman–Crippen MR) is 341 cm³/mol. The summed E-state index contributed by atoms with van der Waals surface area (Å²) in [6, 6.07) is 0. The number of nitrogens with zero attached hydrogens (tertiary/aromatic N) is 1. The number of carbonyl (C=O) groups excluding carboxylic acids is 2. The van der Waals surface area contributed by atoms with Crippen LogP contribution in [0.15, 0.2) is 170 Å². The summed E-state index contributed by atoms with van der Waals surface area (Å²) in [6.45, 7) is 4.02. The molecule has 0 aliphatic carbocycles. The molecule has 0 saturated heterocycles. The van der Waals surface area contributed by atoms with Gasteiger partial charge in [-0.25, -0.2) is 0 Å². The van der Waals surface area contributed by atoms with Crippen LogP contribution in [0.4, 0.5) is 0 Å². The second-order valence-electron chi connectivity index (χ2n) is 21.0. The summed E-state index contributed by atoms with van der Waals surface area (Å²) < 4.78 is 34.1. The maximum atomic E-state index is 12.8. The number of hydrogen-bond acceptors (Lipinski definition) is 8. The Labute approximate surface area is 489 Å². The maximum absolute atomic E-state index is 12.8. The van der Waals surface area contributed by atoms with Crippen LogP contribution in [0, 0.1) is 0 Å². The van der Waals surface area contributed by atoms with Gasteiger partial charge in [-0.2, -0.15) is 0 Å². The molecule has 0 N–H and O–H groups in total. The smallest absolute Gasteiger partial charge is 0.306 e. The molecule has 10 heteroatoms. The van der Waals surface area contributed by atoms with Crippen LogP contribution in [0.3, 0.4) is 0 Å². The van der Waals surface area contributed by atoms with Gasteiger partial charge in [0.25, 0.3) is 7.82 Å². The number of ether oxygens (including phenoxy) is 2. The van der Waals surface area contributed by atoms with Gasteiger partial charge in [-0.05, 0) is 135 Å². The number of hydrogen-bond donors (Lipinski definition) is 0. The first-order valence-electron chi connectivity index (χ1n) is 30.8. The van der Waals surface area contributed by atoms with Gasteiger partial charge in [0.2, 0.25) is 0 Å². The van der Waals surface area contributed by atoms with Crippen molar-refractivity contribution in [2.75, 3.05) is 47.5 Å². The molecule has 0 amide bonds. The molecular formula is C70H112NO8P. The number of unbranched alkanes of at least 4 members (excludes halogenated alkanes) is 12. The van der Waals surface area contributed by atoms with Crippen LogP contribution in [0.25, 0.3) is 0 Å². The molecule has 2 atom stereocenters. The lowest BCUT2D eigenvalue weighted by Gasteiger charge is -2.28. The number of phosphoric acid groups is 1. The predicted octanol–water partition coefficient (Wildman–Crippen LogP) is 19.2. The number of esters is 2. The van der Waals surface area contributed by atoms with Crippen molar-refractivity contribution in [3.8, 4) is 0 Å². The third-order valence-corrected chi connectivity index (χ3v) is 13.2. The van der Waals surface area contributed by atoms with E-state index in [1.165, 1.54) is 25.7 Å². The molecule has 80 heavy (non-hydrogen) atoms. The van der Waals surface area contributed by atoms with Gasteiger partial charge in [0.05, 0.1) is 27.7 Å². The molecule has 450 valence electrons. The quantitative estimate of drug-likeness (QED) is 0.0195. The topological polar surface area (TPSA) is 111 Å². The first-order valence-corrected chi connectivity index (χ1v) is 32.3. The highest BCUT2D eigenvalue weighted by Gasteiger charge is 2.21. The third-order valence-electron chi connectivity index (χ3n) is 12.2. The lowest BCUT2D eigenvalue weighted by atomic mass is 10.1. The molecule has 0 aromatic carbocycles. The largest absolute Gasteiger partial charge is 0.756 e. The molecule has 0 rings (SSSR count). The summed E-state index contributed by atoms with van der Waals surface area (Å²) in [5.74, 6) is -0.893. The molecule has 0 aliphatic rings. The number of quaternary nitrogens is 1. The van der Waals surface area contributed by atoms with E-state index in [0.717, 1.165) is 141 Å². The minimum absolute atomic E-state index is 0.0478. The monoisotopic (exact) mass is 1130 g/mol. The van der Waals surface area contributed by atoms with Crippen molar-refractivity contribution in [1.82, 2.24) is 0 Å². The van der Waals surface area contributed by atoms with Gasteiger partial charge in [-0.15, -0.1) is 0 Å². The van der Waals surface area contributed by atoms with E-state index in [0.29, 0.717) is 23.9 Å². The normalized spacial score (nSPS) is 14.4. The molecule has 0 aromatic heterocycles. The standard InChI is InChI=1S/C70H112NO8P/c1-6-8-10-12-14-16-18-20-22-23-24-25-26-27-28-29-30-31-32-33-34-35-36-37-38-39-40-41-42-43-44-45-46-47-49-51-53-55-57-59-61-63-70(73)79-68(67-78-80(74,75)77-65-64-71(3,4)5)66-76-69(72)62-60-58-56-54-52-50-48-21-19-17-15-13-11-9-7-2/h8,10,14-17,20-22,24-25,27-28,30-31,33-34,36-37,39-40,42-43,45-46,48-49,51,68H,6-7,9,11-13,18-19,23,26,29,32,35,38,41,44,47,50,52-67H2,1-5H3/b10-8-,16-14-,17-15-,22-20-,25-24-,28-27-,31-30-,34-33-,37-36-,40-39-,43-42-,46-45-,48-21-,51-49-. The zero-order chi connectivity index (χ0) is 58.4. The fraction of sp³-hybridized carbons (Fsp3) is 0.571. The van der Waals surface area contributed by atoms with E-state index >= 15 is 0 Å². The minimum atomic E-state index is -4.66. The van der Waals surface area contributed by atoms with E-state index in [1.807, 2.05) is 21.1 Å². The summed E-state index contributed by atoms with van der Waals surface area (Å²) in [5.41, 5.74) is 0. The summed E-state index contributed by atoms with van der Waals surface area (Å²) in [4.78, 5) is 37.8. The van der Waals surface area contributed by atoms with Crippen LogP contribution in [0.5, 0.6) is 0 Å². The number of allylic oxidation sites excluding steroid dienone is 28. The van der Waals surface area contributed by atoms with Gasteiger partial charge < -0.3 is 27.9 Å². The maximum Gasteiger partial charge on any atom is 0.306 e. The van der Waals surface area contributed by atoms with Crippen molar-refractivity contribution in [3.63, 3.8) is 0 Å². The highest BCUT2D eigenvalue weighted by Crippen LogP contribution is 2.38. The second kappa shape index (κ2) is 59.0. The molecular weight excluding hydrogens is 1010 g/mol. The molecule has 9 nitrogen and oxygen atoms in total. The van der Waals surface area contributed by atoms with Crippen molar-refractivity contribution in [2.24, 2.45) is 0 Å². The molecule has 2 unspecified atom stereocenters. The van der Waals surface area contributed by atoms with Gasteiger partial charge in [-0.1, -0.05) is 229 Å². The van der Waals surface area contributed by atoms with Crippen molar-refractivity contribution >= 4 is 19.8 Å². The molecule has 0 heterocycles. The fourth-order valence-electron chi connectivity index (χ4n) is 7.49. The van der Waals surface area contributed by atoms with Crippen LogP contribution in [0.2, 0.25) is 0 Å². The first kappa shape index (κ1) is 75.4. The second-order valence-corrected chi connectivity index (χ2v) is 22.4. The molecule has 0 radical (unpaired) electrons. The number of carbonyl (C=O) groups is 2. The van der Waals surface area contributed by atoms with Gasteiger partial charge in [0.15, 0.2) is 6.10 Å². The van der Waals surface area contributed by atoms with Gasteiger partial charge in [-0.3, -0.25) is 14.2 Å². The van der Waals surface area contributed by atoms with Crippen molar-refractivity contribution in [3.05, 3.63) is 170 Å². The molecule has 0 aliphatic heterocycles. The van der Waals surface area contributed by atoms with E-state index in [2.05, 4.69) is 184 Å². The van der Waals surface area contributed by atoms with Gasteiger partial charge in [0.1, 0.15) is 19.8 Å². The lowest BCUT2D eigenvalue weighted by molar-refractivity contribution is -0.870. The first-order chi connectivity index (χ1) is 39.0. The van der Waals surface area contributed by atoms with Crippen LogP contribution in [-0.2, 0) is 32.7 Å². The Morgan fingerprint density at radius 1 is 0.400 bits per heavy atom. The van der Waals surface area contributed by atoms with Gasteiger partial charge >= 0.3 is 11.9 Å². The Balaban J connectivity index is 4.21. The zero-order valence-corrected chi connectivity index (χ0v) is 51.8. The van der Waals surface area contributed by atoms with Crippen LogP contribution in [-0.4, -0.2) is 70.0 Å². The fourth-order valence-corrected chi connectivity index (χ4v) is 8.22. The van der Waals surface area contributed by atoms with E-state index in [-0.39, 0.29) is 26.1 Å². The van der Waals surface area contributed by atoms with Crippen molar-refractivity contribution in [1.29, 1.82) is 0 Å². The molecule has 0 saturated carbocycles. The Morgan fingerprint density at radius 2 is 0.713 bits per heavy atom. The Kier molecular flexibility index (Phi) is 55.6. The molecule has 0 fully saturated rings.